The molecule has 1 heterocycles. The molecule has 1 aromatic rings. The van der Waals surface area contributed by atoms with Crippen molar-refractivity contribution in [1.29, 1.82) is 0 Å². The van der Waals surface area contributed by atoms with E-state index in [0.717, 1.165) is 24.8 Å². The number of carboxylic acids is 1. The second kappa shape index (κ2) is 6.49. The zero-order valence-corrected chi connectivity index (χ0v) is 13.7. The maximum Gasteiger partial charge on any atom is 0.311 e. The highest BCUT2D eigenvalue weighted by molar-refractivity contribution is 6.30. The van der Waals surface area contributed by atoms with Gasteiger partial charge in [0, 0.05) is 24.7 Å². The zero-order chi connectivity index (χ0) is 16.4. The summed E-state index contributed by atoms with van der Waals surface area (Å²) < 4.78 is 0. The number of fused-ring (bicyclic) bond motifs is 1. The van der Waals surface area contributed by atoms with Crippen LogP contribution in [0.15, 0.2) is 24.3 Å². The van der Waals surface area contributed by atoms with Gasteiger partial charge in [0.1, 0.15) is 0 Å². The number of halogens is 1. The van der Waals surface area contributed by atoms with Crippen molar-refractivity contribution in [3.63, 3.8) is 0 Å². The predicted octanol–water partition coefficient (Wildman–Crippen LogP) is 2.14. The van der Waals surface area contributed by atoms with Crippen LogP contribution >= 0.6 is 11.6 Å². The van der Waals surface area contributed by atoms with Gasteiger partial charge in [-0.05, 0) is 36.5 Å². The smallest absolute Gasteiger partial charge is 0.311 e. The van der Waals surface area contributed by atoms with E-state index < -0.39 is 11.4 Å². The molecule has 3 rings (SSSR count). The lowest BCUT2D eigenvalue weighted by Gasteiger charge is -2.23. The standard InChI is InChI=1S/C17H21ClN2O3/c18-14-5-1-3-12(7-14)8-19-15(21)10-20-9-13-4-2-6-17(13,11-20)16(22)23/h1,3,5,7,13H,2,4,6,8-11H2,(H,19,21)(H,22,23)/t13-,17+/m0/s1. The molecule has 1 saturated carbocycles. The third-order valence-electron chi connectivity index (χ3n) is 5.11. The average Bonchev–Trinajstić information content (AvgIpc) is 3.03. The molecule has 0 bridgehead atoms. The van der Waals surface area contributed by atoms with Crippen molar-refractivity contribution in [3.05, 3.63) is 34.9 Å². The Balaban J connectivity index is 1.52. The lowest BCUT2D eigenvalue weighted by atomic mass is 9.81. The Hall–Kier alpha value is -1.59. The number of rotatable bonds is 5. The van der Waals surface area contributed by atoms with Crippen LogP contribution < -0.4 is 5.32 Å². The Labute approximate surface area is 140 Å². The number of likely N-dealkylation sites (tertiary alicyclic amines) is 1. The maximum absolute atomic E-state index is 12.1. The number of carboxylic acid groups (broad SMARTS) is 1. The first kappa shape index (κ1) is 16.3. The highest BCUT2D eigenvalue weighted by Gasteiger charge is 2.54. The van der Waals surface area contributed by atoms with Gasteiger partial charge in [-0.25, -0.2) is 0 Å². The first-order chi connectivity index (χ1) is 11.0. The van der Waals surface area contributed by atoms with E-state index in [2.05, 4.69) is 5.32 Å². The second-order valence-electron chi connectivity index (χ2n) is 6.63. The van der Waals surface area contributed by atoms with E-state index in [-0.39, 0.29) is 18.4 Å². The van der Waals surface area contributed by atoms with Crippen LogP contribution in [0, 0.1) is 11.3 Å². The molecule has 1 aliphatic carbocycles. The number of hydrogen-bond acceptors (Lipinski definition) is 3. The Kier molecular flexibility index (Phi) is 4.60. The van der Waals surface area contributed by atoms with E-state index in [9.17, 15) is 14.7 Å². The molecular formula is C17H21ClN2O3. The van der Waals surface area contributed by atoms with E-state index in [1.165, 1.54) is 0 Å². The monoisotopic (exact) mass is 336 g/mol. The van der Waals surface area contributed by atoms with Crippen molar-refractivity contribution >= 4 is 23.5 Å². The number of hydrogen-bond donors (Lipinski definition) is 2. The van der Waals surface area contributed by atoms with Gasteiger partial charge in [-0.15, -0.1) is 0 Å². The largest absolute Gasteiger partial charge is 0.481 e. The number of benzene rings is 1. The molecule has 1 aliphatic heterocycles. The average molecular weight is 337 g/mol. The van der Waals surface area contributed by atoms with Gasteiger partial charge in [-0.3, -0.25) is 14.5 Å². The van der Waals surface area contributed by atoms with Gasteiger partial charge >= 0.3 is 5.97 Å². The third kappa shape index (κ3) is 3.35. The molecular weight excluding hydrogens is 316 g/mol. The summed E-state index contributed by atoms with van der Waals surface area (Å²) in [5.41, 5.74) is 0.318. The lowest BCUT2D eigenvalue weighted by Crippen LogP contribution is -2.39. The molecule has 5 nitrogen and oxygen atoms in total. The molecule has 1 saturated heterocycles. The van der Waals surface area contributed by atoms with Crippen LogP contribution in [0.1, 0.15) is 24.8 Å². The molecule has 0 radical (unpaired) electrons. The van der Waals surface area contributed by atoms with Crippen molar-refractivity contribution < 1.29 is 14.7 Å². The van der Waals surface area contributed by atoms with Crippen molar-refractivity contribution in [3.8, 4) is 0 Å². The van der Waals surface area contributed by atoms with Crippen molar-refractivity contribution in [1.82, 2.24) is 10.2 Å². The van der Waals surface area contributed by atoms with Crippen LogP contribution in [0.5, 0.6) is 0 Å². The number of carbonyl (C=O) groups excluding carboxylic acids is 1. The summed E-state index contributed by atoms with van der Waals surface area (Å²) in [5, 5.41) is 13.1. The van der Waals surface area contributed by atoms with Gasteiger partial charge < -0.3 is 10.4 Å². The first-order valence-electron chi connectivity index (χ1n) is 7.96. The maximum atomic E-state index is 12.1. The van der Waals surface area contributed by atoms with Crippen LogP contribution in [0.2, 0.25) is 5.02 Å². The highest BCUT2D eigenvalue weighted by atomic mass is 35.5. The first-order valence-corrected chi connectivity index (χ1v) is 8.34. The molecule has 6 heteroatoms. The molecule has 2 fully saturated rings. The lowest BCUT2D eigenvalue weighted by molar-refractivity contribution is -0.149. The summed E-state index contributed by atoms with van der Waals surface area (Å²) in [6, 6.07) is 7.37. The van der Waals surface area contributed by atoms with Gasteiger partial charge in [0.05, 0.1) is 12.0 Å². The molecule has 1 aromatic carbocycles. The molecule has 0 aromatic heterocycles. The summed E-state index contributed by atoms with van der Waals surface area (Å²) in [7, 11) is 0. The molecule has 1 amide bonds. The molecule has 0 unspecified atom stereocenters. The summed E-state index contributed by atoms with van der Waals surface area (Å²) in [6.45, 7) is 1.88. The van der Waals surface area contributed by atoms with Crippen LogP contribution in [-0.4, -0.2) is 41.5 Å². The van der Waals surface area contributed by atoms with E-state index in [1.807, 2.05) is 23.1 Å². The molecule has 2 atom stereocenters. The fourth-order valence-electron chi connectivity index (χ4n) is 3.97. The number of aliphatic carboxylic acids is 1. The Morgan fingerprint density at radius 1 is 1.43 bits per heavy atom. The Morgan fingerprint density at radius 3 is 2.96 bits per heavy atom. The number of amides is 1. The Bertz CT molecular complexity index is 622. The fraction of sp³-hybridized carbons (Fsp3) is 0.529. The van der Waals surface area contributed by atoms with Gasteiger partial charge in [-0.1, -0.05) is 30.2 Å². The Morgan fingerprint density at radius 2 is 2.26 bits per heavy atom. The van der Waals surface area contributed by atoms with E-state index in [4.69, 9.17) is 11.6 Å². The molecule has 2 aliphatic rings. The van der Waals surface area contributed by atoms with Gasteiger partial charge in [0.15, 0.2) is 0 Å². The van der Waals surface area contributed by atoms with Crippen LogP contribution in [0.25, 0.3) is 0 Å². The third-order valence-corrected chi connectivity index (χ3v) is 5.35. The normalized spacial score (nSPS) is 26.9. The number of nitrogens with zero attached hydrogens (tertiary/aromatic N) is 1. The number of nitrogens with one attached hydrogen (secondary N) is 1. The molecule has 124 valence electrons. The zero-order valence-electron chi connectivity index (χ0n) is 12.9. The van der Waals surface area contributed by atoms with Gasteiger partial charge in [0.25, 0.3) is 0 Å². The van der Waals surface area contributed by atoms with Gasteiger partial charge in [-0.2, -0.15) is 0 Å². The van der Waals surface area contributed by atoms with E-state index in [1.54, 1.807) is 6.07 Å². The van der Waals surface area contributed by atoms with Crippen molar-refractivity contribution in [2.24, 2.45) is 11.3 Å². The fourth-order valence-corrected chi connectivity index (χ4v) is 4.18. The predicted molar refractivity (Wildman–Crippen MR) is 87.1 cm³/mol. The SMILES string of the molecule is O=C(CN1C[C@@H]2CCC[C@@]2(C(=O)O)C1)NCc1cccc(Cl)c1. The summed E-state index contributed by atoms with van der Waals surface area (Å²) >= 11 is 5.92. The second-order valence-corrected chi connectivity index (χ2v) is 7.06. The van der Waals surface area contributed by atoms with Crippen LogP contribution in [0.3, 0.4) is 0 Å². The van der Waals surface area contributed by atoms with Crippen LogP contribution in [0.4, 0.5) is 0 Å². The van der Waals surface area contributed by atoms with E-state index in [0.29, 0.717) is 24.7 Å². The van der Waals surface area contributed by atoms with Crippen molar-refractivity contribution in [2.75, 3.05) is 19.6 Å². The molecule has 2 N–H and O–H groups in total. The summed E-state index contributed by atoms with van der Waals surface area (Å²) in [6.07, 6.45) is 2.66. The highest BCUT2D eigenvalue weighted by Crippen LogP contribution is 2.48. The minimum Gasteiger partial charge on any atom is -0.481 e. The molecule has 0 spiro atoms. The van der Waals surface area contributed by atoms with Crippen molar-refractivity contribution in [2.45, 2.75) is 25.8 Å². The summed E-state index contributed by atoms with van der Waals surface area (Å²) in [4.78, 5) is 25.7. The number of carbonyl (C=O) groups is 2. The van der Waals surface area contributed by atoms with E-state index >= 15 is 0 Å². The van der Waals surface area contributed by atoms with Crippen LogP contribution in [-0.2, 0) is 16.1 Å². The summed E-state index contributed by atoms with van der Waals surface area (Å²) in [5.74, 6) is -0.604. The quantitative estimate of drug-likeness (QED) is 0.864. The molecule has 23 heavy (non-hydrogen) atoms. The topological polar surface area (TPSA) is 69.6 Å². The minimum atomic E-state index is -0.707. The minimum absolute atomic E-state index is 0.0783. The van der Waals surface area contributed by atoms with Gasteiger partial charge in [0.2, 0.25) is 5.91 Å².